The minimum atomic E-state index is 0.385. The molecule has 0 saturated heterocycles. The molecule has 0 aliphatic carbocycles. The molecule has 0 radical (unpaired) electrons. The number of fused-ring (bicyclic) bond motifs is 1. The van der Waals surface area contributed by atoms with Crippen LogP contribution in [0.1, 0.15) is 18.2 Å². The fourth-order valence-electron chi connectivity index (χ4n) is 2.11. The van der Waals surface area contributed by atoms with E-state index >= 15 is 0 Å². The van der Waals surface area contributed by atoms with E-state index in [1.165, 1.54) is 11.3 Å². The minimum absolute atomic E-state index is 0.385. The molecule has 2 nitrogen and oxygen atoms in total. The maximum absolute atomic E-state index is 9.77. The van der Waals surface area contributed by atoms with Gasteiger partial charge in [0.15, 0.2) is 0 Å². The first kappa shape index (κ1) is 9.13. The maximum Gasteiger partial charge on any atom is 0.125 e. The van der Waals surface area contributed by atoms with Gasteiger partial charge in [-0.3, -0.25) is 0 Å². The Hall–Kier alpha value is -1.44. The molecule has 2 aromatic rings. The van der Waals surface area contributed by atoms with E-state index in [-0.39, 0.29) is 0 Å². The third-order valence-electron chi connectivity index (χ3n) is 2.95. The van der Waals surface area contributed by atoms with E-state index in [0.717, 1.165) is 17.4 Å². The molecule has 0 aliphatic heterocycles. The lowest BCUT2D eigenvalue weighted by Gasteiger charge is -2.03. The molecule has 0 bridgehead atoms. The van der Waals surface area contributed by atoms with Crippen LogP contribution in [0.15, 0.2) is 18.2 Å². The Morgan fingerprint density at radius 2 is 2.00 bits per heavy atom. The van der Waals surface area contributed by atoms with Gasteiger partial charge in [-0.1, -0.05) is 6.07 Å². The monoisotopic (exact) mass is 189 g/mol. The van der Waals surface area contributed by atoms with E-state index in [1.54, 1.807) is 6.07 Å². The fraction of sp³-hybridized carbons (Fsp3) is 0.333. The van der Waals surface area contributed by atoms with Crippen LogP contribution >= 0.6 is 0 Å². The zero-order valence-electron chi connectivity index (χ0n) is 8.83. The number of hydrogen-bond acceptors (Lipinski definition) is 1. The molecule has 1 aromatic heterocycles. The van der Waals surface area contributed by atoms with Crippen LogP contribution in [0.3, 0.4) is 0 Å². The highest BCUT2D eigenvalue weighted by Crippen LogP contribution is 2.31. The fourth-order valence-corrected chi connectivity index (χ4v) is 2.11. The van der Waals surface area contributed by atoms with Crippen LogP contribution in [0.2, 0.25) is 0 Å². The molecule has 0 atom stereocenters. The first-order chi connectivity index (χ1) is 6.66. The molecule has 0 spiro atoms. The van der Waals surface area contributed by atoms with Gasteiger partial charge in [0.05, 0.1) is 5.52 Å². The van der Waals surface area contributed by atoms with Gasteiger partial charge in [0.2, 0.25) is 0 Å². The molecule has 1 heterocycles. The van der Waals surface area contributed by atoms with E-state index in [4.69, 9.17) is 0 Å². The number of phenols is 1. The summed E-state index contributed by atoms with van der Waals surface area (Å²) in [4.78, 5) is 0. The molecule has 14 heavy (non-hydrogen) atoms. The van der Waals surface area contributed by atoms with E-state index in [1.807, 2.05) is 6.07 Å². The highest BCUT2D eigenvalue weighted by atomic mass is 16.3. The van der Waals surface area contributed by atoms with Crippen LogP contribution in [0, 0.1) is 13.8 Å². The highest BCUT2D eigenvalue weighted by molar-refractivity contribution is 5.90. The number of phenolic OH excluding ortho intramolecular Hbond substituents is 1. The van der Waals surface area contributed by atoms with Crippen molar-refractivity contribution in [1.82, 2.24) is 4.57 Å². The Kier molecular flexibility index (Phi) is 1.99. The van der Waals surface area contributed by atoms with Gasteiger partial charge in [0.1, 0.15) is 5.75 Å². The summed E-state index contributed by atoms with van der Waals surface area (Å²) in [6, 6.07) is 5.69. The van der Waals surface area contributed by atoms with Gasteiger partial charge in [-0.15, -0.1) is 0 Å². The van der Waals surface area contributed by atoms with Crippen molar-refractivity contribution in [2.75, 3.05) is 0 Å². The Labute approximate surface area is 83.8 Å². The second-order valence-corrected chi connectivity index (χ2v) is 3.63. The number of aryl methyl sites for hydroxylation is 2. The van der Waals surface area contributed by atoms with Gasteiger partial charge < -0.3 is 9.67 Å². The van der Waals surface area contributed by atoms with Crippen LogP contribution in [0.25, 0.3) is 10.9 Å². The molecule has 0 fully saturated rings. The van der Waals surface area contributed by atoms with Gasteiger partial charge in [0.25, 0.3) is 0 Å². The van der Waals surface area contributed by atoms with Crippen molar-refractivity contribution in [2.45, 2.75) is 27.3 Å². The molecule has 0 saturated carbocycles. The lowest BCUT2D eigenvalue weighted by atomic mass is 10.1. The Morgan fingerprint density at radius 1 is 1.29 bits per heavy atom. The molecule has 2 rings (SSSR count). The summed E-state index contributed by atoms with van der Waals surface area (Å²) in [6.45, 7) is 7.22. The van der Waals surface area contributed by atoms with E-state index < -0.39 is 0 Å². The van der Waals surface area contributed by atoms with Crippen molar-refractivity contribution in [1.29, 1.82) is 0 Å². The SMILES string of the molecule is CCn1c(C)c(C)c2c(O)cccc21. The first-order valence-electron chi connectivity index (χ1n) is 4.94. The first-order valence-corrected chi connectivity index (χ1v) is 4.94. The number of nitrogens with zero attached hydrogens (tertiary/aromatic N) is 1. The molecule has 1 aromatic carbocycles. The van der Waals surface area contributed by atoms with Crippen LogP contribution in [-0.4, -0.2) is 9.67 Å². The lowest BCUT2D eigenvalue weighted by molar-refractivity contribution is 0.481. The summed E-state index contributed by atoms with van der Waals surface area (Å²) in [5, 5.41) is 10.8. The molecule has 0 unspecified atom stereocenters. The molecular weight excluding hydrogens is 174 g/mol. The predicted octanol–water partition coefficient (Wildman–Crippen LogP) is 2.98. The minimum Gasteiger partial charge on any atom is -0.507 e. The highest BCUT2D eigenvalue weighted by Gasteiger charge is 2.11. The van der Waals surface area contributed by atoms with Gasteiger partial charge in [-0.25, -0.2) is 0 Å². The standard InChI is InChI=1S/C12H15NO/c1-4-13-9(3)8(2)12-10(13)6-5-7-11(12)14/h5-7,14H,4H2,1-3H3. The van der Waals surface area contributed by atoms with Gasteiger partial charge in [-0.05, 0) is 38.5 Å². The second-order valence-electron chi connectivity index (χ2n) is 3.63. The molecule has 0 amide bonds. The number of rotatable bonds is 1. The third kappa shape index (κ3) is 1.03. The molecule has 1 N–H and O–H groups in total. The quantitative estimate of drug-likeness (QED) is 0.733. The van der Waals surface area contributed by atoms with Crippen LogP contribution in [0.5, 0.6) is 5.75 Å². The Morgan fingerprint density at radius 3 is 2.64 bits per heavy atom. The van der Waals surface area contributed by atoms with Crippen LogP contribution in [-0.2, 0) is 6.54 Å². The average Bonchev–Trinajstić information content (AvgIpc) is 2.41. The van der Waals surface area contributed by atoms with E-state index in [9.17, 15) is 5.11 Å². The van der Waals surface area contributed by atoms with Crippen molar-refractivity contribution >= 4 is 10.9 Å². The summed E-state index contributed by atoms with van der Waals surface area (Å²) in [5.41, 5.74) is 3.55. The number of hydrogen-bond donors (Lipinski definition) is 1. The molecule has 2 heteroatoms. The van der Waals surface area contributed by atoms with Gasteiger partial charge in [-0.2, -0.15) is 0 Å². The summed E-state index contributed by atoms with van der Waals surface area (Å²) < 4.78 is 2.23. The number of benzene rings is 1. The normalized spacial score (nSPS) is 11.1. The summed E-state index contributed by atoms with van der Waals surface area (Å²) in [5.74, 6) is 0.385. The summed E-state index contributed by atoms with van der Waals surface area (Å²) in [7, 11) is 0. The smallest absolute Gasteiger partial charge is 0.125 e. The van der Waals surface area contributed by atoms with Gasteiger partial charge >= 0.3 is 0 Å². The van der Waals surface area contributed by atoms with Crippen molar-refractivity contribution < 1.29 is 5.11 Å². The second kappa shape index (κ2) is 3.05. The maximum atomic E-state index is 9.77. The van der Waals surface area contributed by atoms with Crippen LogP contribution in [0.4, 0.5) is 0 Å². The molecule has 0 aliphatic rings. The van der Waals surface area contributed by atoms with E-state index in [2.05, 4.69) is 31.4 Å². The molecular formula is C12H15NO. The zero-order valence-corrected chi connectivity index (χ0v) is 8.83. The van der Waals surface area contributed by atoms with Crippen molar-refractivity contribution in [3.05, 3.63) is 29.5 Å². The lowest BCUT2D eigenvalue weighted by Crippen LogP contribution is -1.95. The summed E-state index contributed by atoms with van der Waals surface area (Å²) in [6.07, 6.45) is 0. The molecule has 74 valence electrons. The van der Waals surface area contributed by atoms with E-state index in [0.29, 0.717) is 5.75 Å². The predicted molar refractivity (Wildman–Crippen MR) is 58.8 cm³/mol. The number of aromatic hydroxyl groups is 1. The average molecular weight is 189 g/mol. The summed E-state index contributed by atoms with van der Waals surface area (Å²) >= 11 is 0. The number of aromatic nitrogens is 1. The Balaban J connectivity index is 2.95. The Bertz CT molecular complexity index is 483. The zero-order chi connectivity index (χ0) is 10.3. The van der Waals surface area contributed by atoms with Crippen molar-refractivity contribution in [3.8, 4) is 5.75 Å². The largest absolute Gasteiger partial charge is 0.507 e. The third-order valence-corrected chi connectivity index (χ3v) is 2.95. The van der Waals surface area contributed by atoms with Crippen molar-refractivity contribution in [2.24, 2.45) is 0 Å². The topological polar surface area (TPSA) is 25.2 Å². The van der Waals surface area contributed by atoms with Crippen LogP contribution < -0.4 is 0 Å². The van der Waals surface area contributed by atoms with Crippen molar-refractivity contribution in [3.63, 3.8) is 0 Å². The van der Waals surface area contributed by atoms with Gasteiger partial charge in [0, 0.05) is 17.6 Å².